The molecule has 0 bridgehead atoms. The Morgan fingerprint density at radius 2 is 2.04 bits per heavy atom. The molecule has 0 radical (unpaired) electrons. The summed E-state index contributed by atoms with van der Waals surface area (Å²) in [5.41, 5.74) is 1.31. The second-order valence-electron chi connectivity index (χ2n) is 6.92. The van der Waals surface area contributed by atoms with E-state index in [4.69, 9.17) is 0 Å². The fourth-order valence-electron chi connectivity index (χ4n) is 3.21. The number of carbonyl (C=O) groups is 2. The van der Waals surface area contributed by atoms with E-state index >= 15 is 0 Å². The number of amides is 2. The van der Waals surface area contributed by atoms with Crippen molar-refractivity contribution >= 4 is 28.3 Å². The highest BCUT2D eigenvalue weighted by molar-refractivity contribution is 7.15. The van der Waals surface area contributed by atoms with Gasteiger partial charge in [0, 0.05) is 25.9 Å². The zero-order valence-electron chi connectivity index (χ0n) is 15.7. The van der Waals surface area contributed by atoms with Crippen molar-refractivity contribution in [2.45, 2.75) is 45.4 Å². The summed E-state index contributed by atoms with van der Waals surface area (Å²) >= 11 is 1.42. The molecule has 1 atom stereocenters. The summed E-state index contributed by atoms with van der Waals surface area (Å²) < 4.78 is 0. The molecule has 7 heteroatoms. The number of anilines is 1. The molecule has 1 fully saturated rings. The third-order valence-electron chi connectivity index (χ3n) is 4.76. The maximum atomic E-state index is 12.4. The number of nitrogens with one attached hydrogen (secondary N) is 1. The summed E-state index contributed by atoms with van der Waals surface area (Å²) in [6.45, 7) is 3.34. The molecule has 2 amide bonds. The van der Waals surface area contributed by atoms with Gasteiger partial charge in [0.2, 0.25) is 16.9 Å². The van der Waals surface area contributed by atoms with Crippen LogP contribution in [0.1, 0.15) is 43.2 Å². The number of unbranched alkanes of at least 4 members (excludes halogenated alkanes) is 1. The van der Waals surface area contributed by atoms with E-state index in [1.165, 1.54) is 16.9 Å². The van der Waals surface area contributed by atoms with Gasteiger partial charge in [0.05, 0.1) is 5.92 Å². The van der Waals surface area contributed by atoms with Crippen molar-refractivity contribution in [3.8, 4) is 0 Å². The van der Waals surface area contributed by atoms with Crippen LogP contribution >= 0.6 is 11.3 Å². The number of aryl methyl sites for hydroxylation is 2. The van der Waals surface area contributed by atoms with Gasteiger partial charge >= 0.3 is 0 Å². The van der Waals surface area contributed by atoms with Crippen LogP contribution < -0.4 is 5.32 Å². The number of benzene rings is 1. The lowest BCUT2D eigenvalue weighted by Crippen LogP contribution is -2.29. The molecule has 1 aromatic carbocycles. The minimum absolute atomic E-state index is 0.0717. The van der Waals surface area contributed by atoms with E-state index in [0.717, 1.165) is 43.7 Å². The summed E-state index contributed by atoms with van der Waals surface area (Å²) in [5, 5.41) is 12.5. The normalized spacial score (nSPS) is 16.7. The predicted octanol–water partition coefficient (Wildman–Crippen LogP) is 3.30. The number of aromatic nitrogens is 2. The van der Waals surface area contributed by atoms with Crippen molar-refractivity contribution in [3.05, 3.63) is 40.9 Å². The van der Waals surface area contributed by atoms with Crippen LogP contribution in [0.2, 0.25) is 0 Å². The van der Waals surface area contributed by atoms with E-state index in [0.29, 0.717) is 11.7 Å². The molecule has 27 heavy (non-hydrogen) atoms. The van der Waals surface area contributed by atoms with Crippen LogP contribution in [0, 0.1) is 5.92 Å². The van der Waals surface area contributed by atoms with E-state index in [2.05, 4.69) is 34.6 Å². The van der Waals surface area contributed by atoms with Crippen LogP contribution in [0.4, 0.5) is 5.13 Å². The number of nitrogens with zero attached hydrogens (tertiary/aromatic N) is 3. The quantitative estimate of drug-likeness (QED) is 0.717. The van der Waals surface area contributed by atoms with Crippen LogP contribution in [-0.4, -0.2) is 40.0 Å². The minimum atomic E-state index is -0.292. The van der Waals surface area contributed by atoms with Gasteiger partial charge in [-0.1, -0.05) is 55.0 Å². The van der Waals surface area contributed by atoms with Gasteiger partial charge in [-0.2, -0.15) is 0 Å². The van der Waals surface area contributed by atoms with Crippen LogP contribution in [0.5, 0.6) is 0 Å². The highest BCUT2D eigenvalue weighted by atomic mass is 32.1. The number of carbonyl (C=O) groups excluding carboxylic acids is 2. The maximum absolute atomic E-state index is 12.4. The van der Waals surface area contributed by atoms with E-state index in [1.54, 1.807) is 4.90 Å². The van der Waals surface area contributed by atoms with Crippen molar-refractivity contribution < 1.29 is 9.59 Å². The summed E-state index contributed by atoms with van der Waals surface area (Å²) in [6, 6.07) is 10.4. The maximum Gasteiger partial charge on any atom is 0.231 e. The molecular formula is C20H26N4O2S. The first-order chi connectivity index (χ1) is 13.2. The zero-order valence-corrected chi connectivity index (χ0v) is 16.5. The molecule has 1 saturated heterocycles. The van der Waals surface area contributed by atoms with Crippen molar-refractivity contribution in [2.24, 2.45) is 5.92 Å². The second-order valence-corrected chi connectivity index (χ2v) is 7.99. The fraction of sp³-hybridized carbons (Fsp3) is 0.500. The lowest BCUT2D eigenvalue weighted by atomic mass is 10.1. The molecular weight excluding hydrogens is 360 g/mol. The van der Waals surface area contributed by atoms with Gasteiger partial charge in [-0.15, -0.1) is 10.2 Å². The standard InChI is InChI=1S/C20H26N4O2S/c1-2-3-12-24-14-16(13-18(24)25)19(26)21-20-23-22-17(27-20)11-7-10-15-8-5-4-6-9-15/h4-6,8-9,16H,2-3,7,10-14H2,1H3,(H,21,23,26). The molecule has 6 nitrogen and oxygen atoms in total. The van der Waals surface area contributed by atoms with E-state index in [9.17, 15) is 9.59 Å². The molecule has 2 heterocycles. The van der Waals surface area contributed by atoms with Gasteiger partial charge < -0.3 is 10.2 Å². The lowest BCUT2D eigenvalue weighted by Gasteiger charge is -2.15. The zero-order chi connectivity index (χ0) is 19.1. The fourth-order valence-corrected chi connectivity index (χ4v) is 4.00. The van der Waals surface area contributed by atoms with Crippen LogP contribution in [-0.2, 0) is 22.4 Å². The lowest BCUT2D eigenvalue weighted by molar-refractivity contribution is -0.128. The van der Waals surface area contributed by atoms with Crippen LogP contribution in [0.25, 0.3) is 0 Å². The third kappa shape index (κ3) is 5.60. The van der Waals surface area contributed by atoms with Crippen molar-refractivity contribution in [1.82, 2.24) is 15.1 Å². The Hall–Kier alpha value is -2.28. The van der Waals surface area contributed by atoms with Gasteiger partial charge in [0.1, 0.15) is 5.01 Å². The molecule has 3 rings (SSSR count). The Morgan fingerprint density at radius 1 is 1.22 bits per heavy atom. The van der Waals surface area contributed by atoms with E-state index in [1.807, 2.05) is 18.2 Å². The molecule has 2 aromatic rings. The topological polar surface area (TPSA) is 75.2 Å². The van der Waals surface area contributed by atoms with E-state index in [-0.39, 0.29) is 24.2 Å². The highest BCUT2D eigenvalue weighted by Crippen LogP contribution is 2.22. The summed E-state index contributed by atoms with van der Waals surface area (Å²) in [4.78, 5) is 26.2. The smallest absolute Gasteiger partial charge is 0.231 e. The van der Waals surface area contributed by atoms with Crippen LogP contribution in [0.3, 0.4) is 0 Å². The highest BCUT2D eigenvalue weighted by Gasteiger charge is 2.34. The first-order valence-electron chi connectivity index (χ1n) is 9.60. The molecule has 0 spiro atoms. The molecule has 1 aliphatic heterocycles. The molecule has 0 saturated carbocycles. The number of hydrogen-bond donors (Lipinski definition) is 1. The number of likely N-dealkylation sites (tertiary alicyclic amines) is 1. The monoisotopic (exact) mass is 386 g/mol. The second kappa shape index (κ2) is 9.60. The Bertz CT molecular complexity index is 762. The summed E-state index contributed by atoms with van der Waals surface area (Å²) in [6.07, 6.45) is 5.14. The molecule has 144 valence electrons. The molecule has 0 aliphatic carbocycles. The summed E-state index contributed by atoms with van der Waals surface area (Å²) in [7, 11) is 0. The molecule has 1 N–H and O–H groups in total. The SMILES string of the molecule is CCCCN1CC(C(=O)Nc2nnc(CCCc3ccccc3)s2)CC1=O. The molecule has 1 aliphatic rings. The Balaban J connectivity index is 1.44. The van der Waals surface area contributed by atoms with E-state index < -0.39 is 0 Å². The van der Waals surface area contributed by atoms with Crippen LogP contribution in [0.15, 0.2) is 30.3 Å². The molecule has 1 unspecified atom stereocenters. The first kappa shape index (κ1) is 19.5. The largest absolute Gasteiger partial charge is 0.342 e. The Morgan fingerprint density at radius 3 is 2.81 bits per heavy atom. The van der Waals surface area contributed by atoms with Gasteiger partial charge in [-0.25, -0.2) is 0 Å². The van der Waals surface area contributed by atoms with Crippen molar-refractivity contribution in [2.75, 3.05) is 18.4 Å². The Kier molecular flexibility index (Phi) is 6.92. The minimum Gasteiger partial charge on any atom is -0.342 e. The van der Waals surface area contributed by atoms with Gasteiger partial charge in [0.25, 0.3) is 0 Å². The molecule has 1 aromatic heterocycles. The third-order valence-corrected chi connectivity index (χ3v) is 5.66. The van der Waals surface area contributed by atoms with Crippen molar-refractivity contribution in [3.63, 3.8) is 0 Å². The average molecular weight is 387 g/mol. The van der Waals surface area contributed by atoms with Gasteiger partial charge in [-0.3, -0.25) is 9.59 Å². The van der Waals surface area contributed by atoms with Gasteiger partial charge in [0.15, 0.2) is 0 Å². The summed E-state index contributed by atoms with van der Waals surface area (Å²) in [5.74, 6) is -0.350. The predicted molar refractivity (Wildman–Crippen MR) is 107 cm³/mol. The Labute approximate surface area is 164 Å². The number of rotatable bonds is 9. The first-order valence-corrected chi connectivity index (χ1v) is 10.4. The van der Waals surface area contributed by atoms with Crippen molar-refractivity contribution in [1.29, 1.82) is 0 Å². The number of hydrogen-bond acceptors (Lipinski definition) is 5. The average Bonchev–Trinajstić information content (AvgIpc) is 3.27. The van der Waals surface area contributed by atoms with Gasteiger partial charge in [-0.05, 0) is 24.8 Å².